The van der Waals surface area contributed by atoms with Crippen LogP contribution in [0, 0.1) is 6.92 Å². The Hall–Kier alpha value is -1.43. The molecule has 6 heteroatoms. The van der Waals surface area contributed by atoms with E-state index in [2.05, 4.69) is 29.1 Å². The quantitative estimate of drug-likeness (QED) is 0.682. The first-order valence-electron chi connectivity index (χ1n) is 6.43. The van der Waals surface area contributed by atoms with Crippen LogP contribution in [0.25, 0.3) is 0 Å². The van der Waals surface area contributed by atoms with Crippen molar-refractivity contribution in [2.75, 3.05) is 26.2 Å². The van der Waals surface area contributed by atoms with E-state index < -0.39 is 5.97 Å². The van der Waals surface area contributed by atoms with Gasteiger partial charge in [-0.1, -0.05) is 19.1 Å². The number of hydrogen-bond acceptors (Lipinski definition) is 5. The minimum absolute atomic E-state index is 0.316. The van der Waals surface area contributed by atoms with Crippen LogP contribution in [0.15, 0.2) is 0 Å². The van der Waals surface area contributed by atoms with E-state index in [0.29, 0.717) is 12.3 Å². The number of esters is 1. The minimum atomic E-state index is -0.399. The molecule has 1 heterocycles. The van der Waals surface area contributed by atoms with Gasteiger partial charge >= 0.3 is 5.97 Å². The number of ether oxygens (including phenoxy) is 1. The lowest BCUT2D eigenvalue weighted by molar-refractivity contribution is 0.0518. The summed E-state index contributed by atoms with van der Waals surface area (Å²) in [5.74, 6) is -0.399. The van der Waals surface area contributed by atoms with Crippen molar-refractivity contribution in [3.63, 3.8) is 0 Å². The van der Waals surface area contributed by atoms with E-state index in [9.17, 15) is 4.79 Å². The van der Waals surface area contributed by atoms with Gasteiger partial charge in [0.25, 0.3) is 0 Å². The molecule has 0 aliphatic carbocycles. The van der Waals surface area contributed by atoms with Gasteiger partial charge in [-0.15, -0.1) is 5.10 Å². The fourth-order valence-electron chi connectivity index (χ4n) is 1.74. The summed E-state index contributed by atoms with van der Waals surface area (Å²) < 4.78 is 6.68. The largest absolute Gasteiger partial charge is 0.461 e. The summed E-state index contributed by atoms with van der Waals surface area (Å²) >= 11 is 0. The molecule has 0 N–H and O–H groups in total. The summed E-state index contributed by atoms with van der Waals surface area (Å²) in [6.07, 6.45) is 0. The third-order valence-corrected chi connectivity index (χ3v) is 2.97. The lowest BCUT2D eigenvalue weighted by atomic mass is 10.3. The summed E-state index contributed by atoms with van der Waals surface area (Å²) in [5.41, 5.74) is 1.08. The van der Waals surface area contributed by atoms with E-state index in [0.717, 1.165) is 31.9 Å². The number of nitrogens with zero attached hydrogens (tertiary/aromatic N) is 4. The van der Waals surface area contributed by atoms with Crippen molar-refractivity contribution in [2.45, 2.75) is 34.2 Å². The molecule has 1 aromatic heterocycles. The SMILES string of the molecule is CCOC(=O)c1nnn(CCN(CC)CC)c1C. The molecule has 0 saturated heterocycles. The molecule has 0 fully saturated rings. The molecule has 0 unspecified atom stereocenters. The van der Waals surface area contributed by atoms with Crippen LogP contribution in [0.5, 0.6) is 0 Å². The van der Waals surface area contributed by atoms with Gasteiger partial charge in [0.15, 0.2) is 5.69 Å². The topological polar surface area (TPSA) is 60.2 Å². The molecule has 102 valence electrons. The van der Waals surface area contributed by atoms with Crippen LogP contribution in [-0.2, 0) is 11.3 Å². The first-order chi connectivity index (χ1) is 8.63. The smallest absolute Gasteiger partial charge is 0.360 e. The van der Waals surface area contributed by atoms with E-state index in [1.54, 1.807) is 11.6 Å². The van der Waals surface area contributed by atoms with Crippen molar-refractivity contribution in [1.82, 2.24) is 19.9 Å². The predicted octanol–water partition coefficient (Wildman–Crippen LogP) is 1.11. The Bertz CT molecular complexity index is 385. The van der Waals surface area contributed by atoms with Gasteiger partial charge in [0.05, 0.1) is 18.8 Å². The molecule has 0 aromatic carbocycles. The summed E-state index contributed by atoms with van der Waals surface area (Å²) in [7, 11) is 0. The van der Waals surface area contributed by atoms with Crippen molar-refractivity contribution in [2.24, 2.45) is 0 Å². The third kappa shape index (κ3) is 3.53. The van der Waals surface area contributed by atoms with E-state index in [1.807, 2.05) is 6.92 Å². The molecule has 0 aliphatic rings. The highest BCUT2D eigenvalue weighted by molar-refractivity contribution is 5.88. The van der Waals surface area contributed by atoms with Crippen LogP contribution in [0.3, 0.4) is 0 Å². The van der Waals surface area contributed by atoms with Gasteiger partial charge in [0, 0.05) is 6.54 Å². The Morgan fingerprint density at radius 2 is 2.00 bits per heavy atom. The maximum atomic E-state index is 11.6. The van der Waals surface area contributed by atoms with Crippen molar-refractivity contribution in [3.05, 3.63) is 11.4 Å². The predicted molar refractivity (Wildman–Crippen MR) is 68.5 cm³/mol. The van der Waals surface area contributed by atoms with Gasteiger partial charge in [-0.05, 0) is 26.9 Å². The molecule has 0 aliphatic heterocycles. The van der Waals surface area contributed by atoms with Gasteiger partial charge in [0.2, 0.25) is 0 Å². The Kier molecular flexibility index (Phi) is 5.77. The van der Waals surface area contributed by atoms with E-state index in [-0.39, 0.29) is 0 Å². The van der Waals surface area contributed by atoms with E-state index in [4.69, 9.17) is 4.74 Å². The highest BCUT2D eigenvalue weighted by Gasteiger charge is 2.17. The number of carbonyl (C=O) groups excluding carboxylic acids is 1. The second-order valence-electron chi connectivity index (χ2n) is 3.99. The summed E-state index contributed by atoms with van der Waals surface area (Å²) in [6, 6.07) is 0. The monoisotopic (exact) mass is 254 g/mol. The summed E-state index contributed by atoms with van der Waals surface area (Å²) in [4.78, 5) is 13.9. The zero-order valence-corrected chi connectivity index (χ0v) is 11.6. The number of aromatic nitrogens is 3. The number of likely N-dealkylation sites (N-methyl/N-ethyl adjacent to an activating group) is 1. The second kappa shape index (κ2) is 7.10. The van der Waals surface area contributed by atoms with Crippen LogP contribution >= 0.6 is 0 Å². The van der Waals surface area contributed by atoms with E-state index in [1.165, 1.54) is 0 Å². The van der Waals surface area contributed by atoms with Crippen molar-refractivity contribution >= 4 is 5.97 Å². The minimum Gasteiger partial charge on any atom is -0.461 e. The molecule has 0 spiro atoms. The van der Waals surface area contributed by atoms with Crippen molar-refractivity contribution < 1.29 is 9.53 Å². The van der Waals surface area contributed by atoms with Gasteiger partial charge in [-0.25, -0.2) is 9.48 Å². The maximum absolute atomic E-state index is 11.6. The molecule has 1 rings (SSSR count). The number of hydrogen-bond donors (Lipinski definition) is 0. The van der Waals surface area contributed by atoms with Crippen LogP contribution < -0.4 is 0 Å². The highest BCUT2D eigenvalue weighted by atomic mass is 16.5. The molecule has 0 atom stereocenters. The molecule has 6 nitrogen and oxygen atoms in total. The van der Waals surface area contributed by atoms with Crippen LogP contribution in [0.4, 0.5) is 0 Å². The van der Waals surface area contributed by atoms with E-state index >= 15 is 0 Å². The normalized spacial score (nSPS) is 10.9. The van der Waals surface area contributed by atoms with Crippen molar-refractivity contribution in [1.29, 1.82) is 0 Å². The van der Waals surface area contributed by atoms with Crippen LogP contribution in [0.2, 0.25) is 0 Å². The molecular weight excluding hydrogens is 232 g/mol. The lowest BCUT2D eigenvalue weighted by Crippen LogP contribution is -2.27. The molecular formula is C12H22N4O2. The molecule has 18 heavy (non-hydrogen) atoms. The Morgan fingerprint density at radius 1 is 1.33 bits per heavy atom. The van der Waals surface area contributed by atoms with Crippen LogP contribution in [0.1, 0.15) is 37.0 Å². The average Bonchev–Trinajstić information content (AvgIpc) is 2.73. The first-order valence-corrected chi connectivity index (χ1v) is 6.43. The molecule has 0 radical (unpaired) electrons. The number of rotatable bonds is 7. The van der Waals surface area contributed by atoms with Crippen LogP contribution in [-0.4, -0.2) is 52.1 Å². The molecule has 0 saturated carbocycles. The second-order valence-corrected chi connectivity index (χ2v) is 3.99. The number of carbonyl (C=O) groups is 1. The van der Waals surface area contributed by atoms with Gasteiger partial charge in [0.1, 0.15) is 0 Å². The Balaban J connectivity index is 2.66. The lowest BCUT2D eigenvalue weighted by Gasteiger charge is -2.17. The Morgan fingerprint density at radius 3 is 2.56 bits per heavy atom. The fourth-order valence-corrected chi connectivity index (χ4v) is 1.74. The maximum Gasteiger partial charge on any atom is 0.360 e. The third-order valence-electron chi connectivity index (χ3n) is 2.97. The van der Waals surface area contributed by atoms with Gasteiger partial charge in [-0.2, -0.15) is 0 Å². The van der Waals surface area contributed by atoms with Gasteiger partial charge < -0.3 is 9.64 Å². The molecule has 0 bridgehead atoms. The molecule has 1 aromatic rings. The fraction of sp³-hybridized carbons (Fsp3) is 0.750. The zero-order valence-electron chi connectivity index (χ0n) is 11.6. The van der Waals surface area contributed by atoms with Crippen molar-refractivity contribution in [3.8, 4) is 0 Å². The van der Waals surface area contributed by atoms with Gasteiger partial charge in [-0.3, -0.25) is 0 Å². The molecule has 0 amide bonds. The standard InChI is InChI=1S/C12H22N4O2/c1-5-15(6-2)8-9-16-10(4)11(13-14-16)12(17)18-7-3/h5-9H2,1-4H3. The Labute approximate surface area is 108 Å². The zero-order chi connectivity index (χ0) is 13.5. The first kappa shape index (κ1) is 14.6. The summed E-state index contributed by atoms with van der Waals surface area (Å²) in [5, 5.41) is 7.88. The average molecular weight is 254 g/mol. The summed E-state index contributed by atoms with van der Waals surface area (Å²) in [6.45, 7) is 11.9. The highest BCUT2D eigenvalue weighted by Crippen LogP contribution is 2.05.